The smallest absolute Gasteiger partial charge is 0.354 e. The van der Waals surface area contributed by atoms with E-state index in [4.69, 9.17) is 15.4 Å². The predicted molar refractivity (Wildman–Crippen MR) is 82.1 cm³/mol. The number of esters is 1. The summed E-state index contributed by atoms with van der Waals surface area (Å²) < 4.78 is 29.6. The first-order valence-corrected chi connectivity index (χ1v) is 9.42. The van der Waals surface area contributed by atoms with Gasteiger partial charge in [0.1, 0.15) is 10.6 Å². The van der Waals surface area contributed by atoms with Gasteiger partial charge in [0, 0.05) is 23.4 Å². The van der Waals surface area contributed by atoms with Crippen LogP contribution in [0.5, 0.6) is 0 Å². The molecule has 0 N–H and O–H groups in total. The van der Waals surface area contributed by atoms with Crippen LogP contribution in [-0.2, 0) is 20.3 Å². The summed E-state index contributed by atoms with van der Waals surface area (Å²) in [4.78, 5) is 12.0. The molecule has 0 radical (unpaired) electrons. The molecule has 5 nitrogen and oxygen atoms in total. The molecule has 0 bridgehead atoms. The van der Waals surface area contributed by atoms with Gasteiger partial charge in [0.25, 0.3) is 9.05 Å². The monoisotopic (exact) mass is 335 g/mol. The molecule has 0 aromatic carbocycles. The van der Waals surface area contributed by atoms with E-state index in [9.17, 15) is 13.2 Å². The minimum Gasteiger partial charge on any atom is -0.461 e. The largest absolute Gasteiger partial charge is 0.461 e. The van der Waals surface area contributed by atoms with Gasteiger partial charge in [0.2, 0.25) is 0 Å². The Labute approximate surface area is 130 Å². The summed E-state index contributed by atoms with van der Waals surface area (Å²) >= 11 is 0. The fourth-order valence-electron chi connectivity index (χ4n) is 2.08. The van der Waals surface area contributed by atoms with Crippen molar-refractivity contribution >= 4 is 25.7 Å². The van der Waals surface area contributed by atoms with Crippen LogP contribution in [0.1, 0.15) is 50.5 Å². The van der Waals surface area contributed by atoms with E-state index in [0.29, 0.717) is 13.2 Å². The van der Waals surface area contributed by atoms with Gasteiger partial charge in [0.15, 0.2) is 0 Å². The molecule has 1 unspecified atom stereocenters. The average molecular weight is 336 g/mol. The highest BCUT2D eigenvalue weighted by Gasteiger charge is 2.21. The van der Waals surface area contributed by atoms with E-state index < -0.39 is 15.0 Å². The summed E-state index contributed by atoms with van der Waals surface area (Å²) in [5.74, 6) is -0.234. The molecule has 1 atom stereocenters. The minimum atomic E-state index is -3.85. The molecular weight excluding hydrogens is 314 g/mol. The number of carbonyl (C=O) groups excluding carboxylic acids is 1. The van der Waals surface area contributed by atoms with Crippen LogP contribution >= 0.6 is 10.7 Å². The van der Waals surface area contributed by atoms with Crippen LogP contribution in [0.15, 0.2) is 17.2 Å². The Bertz CT molecular complexity index is 580. The number of halogens is 1. The lowest BCUT2D eigenvalue weighted by atomic mass is 10.1. The van der Waals surface area contributed by atoms with Crippen LogP contribution in [0.25, 0.3) is 0 Å². The van der Waals surface area contributed by atoms with Crippen molar-refractivity contribution in [2.45, 2.75) is 51.5 Å². The van der Waals surface area contributed by atoms with Crippen molar-refractivity contribution in [3.8, 4) is 0 Å². The number of aryl methyl sites for hydroxylation is 1. The number of nitrogens with zero attached hydrogens (tertiary/aromatic N) is 1. The molecule has 1 aromatic rings. The molecule has 0 aliphatic rings. The number of rotatable bonds is 8. The van der Waals surface area contributed by atoms with Crippen LogP contribution in [0.3, 0.4) is 0 Å². The minimum absolute atomic E-state index is 0.0776. The van der Waals surface area contributed by atoms with E-state index >= 15 is 0 Å². The van der Waals surface area contributed by atoms with E-state index in [1.165, 1.54) is 12.3 Å². The summed E-state index contributed by atoms with van der Waals surface area (Å²) in [5.41, 5.74) is 0.222. The second kappa shape index (κ2) is 7.84. The van der Waals surface area contributed by atoms with Gasteiger partial charge in [-0.2, -0.15) is 0 Å². The zero-order valence-electron chi connectivity index (χ0n) is 12.6. The third-order valence-electron chi connectivity index (χ3n) is 3.11. The lowest BCUT2D eigenvalue weighted by molar-refractivity contribution is 0.0431. The maximum Gasteiger partial charge on any atom is 0.354 e. The van der Waals surface area contributed by atoms with E-state index in [-0.39, 0.29) is 16.5 Å². The van der Waals surface area contributed by atoms with Gasteiger partial charge in [-0.3, -0.25) is 0 Å². The van der Waals surface area contributed by atoms with Gasteiger partial charge in [0.05, 0.1) is 6.61 Å². The zero-order chi connectivity index (χ0) is 16.0. The molecule has 0 saturated heterocycles. The van der Waals surface area contributed by atoms with Crippen LogP contribution in [0.2, 0.25) is 0 Å². The summed E-state index contributed by atoms with van der Waals surface area (Å²) in [6, 6.07) is 1.27. The Kier molecular flexibility index (Phi) is 6.74. The third-order valence-corrected chi connectivity index (χ3v) is 4.43. The van der Waals surface area contributed by atoms with Gasteiger partial charge in [-0.15, -0.1) is 0 Å². The second-order valence-corrected chi connectivity index (χ2v) is 7.75. The van der Waals surface area contributed by atoms with Crippen molar-refractivity contribution < 1.29 is 17.9 Å². The highest BCUT2D eigenvalue weighted by Crippen LogP contribution is 2.20. The Morgan fingerprint density at radius 3 is 2.57 bits per heavy atom. The lowest BCUT2D eigenvalue weighted by Gasteiger charge is -2.12. The standard InChI is InChI=1S/C14H22ClNO4S/c1-4-6-11(3)10-20-14(17)13-8-12(21(15,18)19)9-16(13)7-5-2/h8-9,11H,4-7,10H2,1-3H3. The average Bonchev–Trinajstić information content (AvgIpc) is 2.81. The van der Waals surface area contributed by atoms with Crippen molar-refractivity contribution in [2.24, 2.45) is 5.92 Å². The second-order valence-electron chi connectivity index (χ2n) is 5.18. The van der Waals surface area contributed by atoms with Crippen LogP contribution < -0.4 is 0 Å². The zero-order valence-corrected chi connectivity index (χ0v) is 14.2. The first-order chi connectivity index (χ1) is 9.79. The fraction of sp³-hybridized carbons (Fsp3) is 0.643. The number of hydrogen-bond donors (Lipinski definition) is 0. The van der Waals surface area contributed by atoms with Crippen molar-refractivity contribution in [1.82, 2.24) is 4.57 Å². The first kappa shape index (κ1) is 18.0. The highest BCUT2D eigenvalue weighted by molar-refractivity contribution is 8.13. The Hall–Kier alpha value is -1.01. The van der Waals surface area contributed by atoms with Crippen molar-refractivity contribution in [3.63, 3.8) is 0 Å². The predicted octanol–water partition coefficient (Wildman–Crippen LogP) is 3.42. The Balaban J connectivity index is 2.89. The summed E-state index contributed by atoms with van der Waals surface area (Å²) in [6.45, 7) is 6.88. The topological polar surface area (TPSA) is 65.4 Å². The molecule has 0 spiro atoms. The van der Waals surface area contributed by atoms with Gasteiger partial charge in [-0.05, 0) is 24.8 Å². The number of hydrogen-bond acceptors (Lipinski definition) is 4. The molecule has 1 aromatic heterocycles. The van der Waals surface area contributed by atoms with Crippen molar-refractivity contribution in [2.75, 3.05) is 6.61 Å². The molecule has 21 heavy (non-hydrogen) atoms. The van der Waals surface area contributed by atoms with Crippen LogP contribution in [0, 0.1) is 5.92 Å². The molecule has 1 rings (SSSR count). The van der Waals surface area contributed by atoms with Gasteiger partial charge >= 0.3 is 5.97 Å². The maximum absolute atomic E-state index is 12.1. The van der Waals surface area contributed by atoms with Gasteiger partial charge < -0.3 is 9.30 Å². The lowest BCUT2D eigenvalue weighted by Crippen LogP contribution is -2.15. The third kappa shape index (κ3) is 5.36. The van der Waals surface area contributed by atoms with E-state index in [0.717, 1.165) is 19.3 Å². The molecule has 1 heterocycles. The molecule has 7 heteroatoms. The Morgan fingerprint density at radius 2 is 2.05 bits per heavy atom. The van der Waals surface area contributed by atoms with E-state index in [2.05, 4.69) is 6.92 Å². The molecule has 0 amide bonds. The molecule has 0 saturated carbocycles. The summed E-state index contributed by atoms with van der Waals surface area (Å²) in [6.07, 6.45) is 4.14. The Morgan fingerprint density at radius 1 is 1.38 bits per heavy atom. The first-order valence-electron chi connectivity index (χ1n) is 7.11. The van der Waals surface area contributed by atoms with Gasteiger partial charge in [-0.1, -0.05) is 27.2 Å². The van der Waals surface area contributed by atoms with Crippen molar-refractivity contribution in [3.05, 3.63) is 18.0 Å². The number of carbonyl (C=O) groups is 1. The number of aromatic nitrogens is 1. The summed E-state index contributed by atoms with van der Waals surface area (Å²) in [7, 11) is 1.47. The van der Waals surface area contributed by atoms with E-state index in [1.807, 2.05) is 13.8 Å². The quantitative estimate of drug-likeness (QED) is 0.539. The SMILES string of the molecule is CCCC(C)COC(=O)c1cc(S(=O)(=O)Cl)cn1CCC. The molecule has 0 aliphatic carbocycles. The molecule has 0 aliphatic heterocycles. The number of ether oxygens (including phenoxy) is 1. The van der Waals surface area contributed by atoms with Gasteiger partial charge in [-0.25, -0.2) is 13.2 Å². The summed E-state index contributed by atoms with van der Waals surface area (Å²) in [5, 5.41) is 0. The normalized spacial score (nSPS) is 13.1. The molecular formula is C14H22ClNO4S. The molecule has 0 fully saturated rings. The van der Waals surface area contributed by atoms with Crippen molar-refractivity contribution in [1.29, 1.82) is 0 Å². The highest BCUT2D eigenvalue weighted by atomic mass is 35.7. The van der Waals surface area contributed by atoms with E-state index in [1.54, 1.807) is 4.57 Å². The van der Waals surface area contributed by atoms with Crippen LogP contribution in [0.4, 0.5) is 0 Å². The maximum atomic E-state index is 12.1. The molecule has 120 valence electrons. The fourth-order valence-corrected chi connectivity index (χ4v) is 2.84. The van der Waals surface area contributed by atoms with Crippen LogP contribution in [-0.4, -0.2) is 25.6 Å².